The summed E-state index contributed by atoms with van der Waals surface area (Å²) in [7, 11) is 0. The van der Waals surface area contributed by atoms with E-state index >= 15 is 0 Å². The molecule has 1 aromatic heterocycles. The van der Waals surface area contributed by atoms with Crippen LogP contribution in [0.25, 0.3) is 11.4 Å². The number of thioether (sulfide) groups is 1. The van der Waals surface area contributed by atoms with E-state index in [0.717, 1.165) is 12.8 Å². The van der Waals surface area contributed by atoms with Crippen molar-refractivity contribution in [1.29, 1.82) is 0 Å². The molecule has 0 unspecified atom stereocenters. The summed E-state index contributed by atoms with van der Waals surface area (Å²) in [4.78, 5) is 12.3. The highest BCUT2D eigenvalue weighted by atomic mass is 32.2. The van der Waals surface area contributed by atoms with E-state index in [4.69, 9.17) is 5.84 Å². The summed E-state index contributed by atoms with van der Waals surface area (Å²) >= 11 is 1.24. The van der Waals surface area contributed by atoms with Crippen molar-refractivity contribution in [3.8, 4) is 11.4 Å². The maximum atomic E-state index is 13.0. The molecule has 2 aromatic rings. The van der Waals surface area contributed by atoms with Gasteiger partial charge in [0.15, 0.2) is 5.82 Å². The maximum Gasteiger partial charge on any atom is 0.230 e. The lowest BCUT2D eigenvalue weighted by molar-refractivity contribution is -0.120. The van der Waals surface area contributed by atoms with Gasteiger partial charge in [-0.05, 0) is 42.5 Å². The van der Waals surface area contributed by atoms with E-state index in [9.17, 15) is 9.18 Å². The summed E-state index contributed by atoms with van der Waals surface area (Å²) in [5.41, 5.74) is 0.669. The molecular formula is C18H24FN5OS. The quantitative estimate of drug-likeness (QED) is 0.618. The number of benzene rings is 1. The molecule has 1 heterocycles. The second-order valence-electron chi connectivity index (χ2n) is 6.91. The molecule has 0 spiro atoms. The van der Waals surface area contributed by atoms with Gasteiger partial charge in [-0.15, -0.1) is 10.2 Å². The van der Waals surface area contributed by atoms with Gasteiger partial charge in [0.1, 0.15) is 5.82 Å². The van der Waals surface area contributed by atoms with Gasteiger partial charge in [0.25, 0.3) is 0 Å². The smallest absolute Gasteiger partial charge is 0.230 e. The summed E-state index contributed by atoms with van der Waals surface area (Å²) in [6, 6.07) is 6.11. The third kappa shape index (κ3) is 4.17. The normalized spacial score (nSPS) is 23.0. The van der Waals surface area contributed by atoms with E-state index in [2.05, 4.69) is 29.4 Å². The third-order valence-corrected chi connectivity index (χ3v) is 6.10. The lowest BCUT2D eigenvalue weighted by atomic mass is 9.78. The number of hydrogen-bond donors (Lipinski definition) is 2. The van der Waals surface area contributed by atoms with Crippen molar-refractivity contribution in [2.45, 2.75) is 44.3 Å². The Morgan fingerprint density at radius 2 is 2.04 bits per heavy atom. The number of hydrogen-bond acceptors (Lipinski definition) is 5. The van der Waals surface area contributed by atoms with Crippen LogP contribution in [0.15, 0.2) is 29.4 Å². The van der Waals surface area contributed by atoms with Crippen LogP contribution in [0.1, 0.15) is 33.1 Å². The zero-order valence-corrected chi connectivity index (χ0v) is 15.8. The molecule has 1 amide bonds. The summed E-state index contributed by atoms with van der Waals surface area (Å²) in [5.74, 6) is 7.47. The van der Waals surface area contributed by atoms with Gasteiger partial charge in [0.2, 0.25) is 11.1 Å². The molecule has 0 bridgehead atoms. The Labute approximate surface area is 156 Å². The van der Waals surface area contributed by atoms with Crippen LogP contribution in [0, 0.1) is 17.7 Å². The molecule has 140 valence electrons. The Bertz CT molecular complexity index is 763. The maximum absolute atomic E-state index is 13.0. The largest absolute Gasteiger partial charge is 0.352 e. The first-order valence-electron chi connectivity index (χ1n) is 8.84. The van der Waals surface area contributed by atoms with Gasteiger partial charge in [-0.25, -0.2) is 9.07 Å². The Hall–Kier alpha value is -2.09. The van der Waals surface area contributed by atoms with Crippen LogP contribution in [0.4, 0.5) is 4.39 Å². The van der Waals surface area contributed by atoms with Crippen molar-refractivity contribution in [2.24, 2.45) is 11.8 Å². The fourth-order valence-electron chi connectivity index (χ4n) is 3.34. The molecule has 1 saturated carbocycles. The highest BCUT2D eigenvalue weighted by molar-refractivity contribution is 7.99. The number of carbonyl (C=O) groups is 1. The molecule has 6 nitrogen and oxygen atoms in total. The van der Waals surface area contributed by atoms with Crippen LogP contribution in [0.2, 0.25) is 0 Å². The molecule has 8 heteroatoms. The van der Waals surface area contributed by atoms with E-state index in [0.29, 0.717) is 28.4 Å². The van der Waals surface area contributed by atoms with Gasteiger partial charge in [-0.2, -0.15) is 0 Å². The predicted molar refractivity (Wildman–Crippen MR) is 100 cm³/mol. The average Bonchev–Trinajstić information content (AvgIpc) is 2.99. The lowest BCUT2D eigenvalue weighted by Gasteiger charge is -2.34. The van der Waals surface area contributed by atoms with E-state index in [1.807, 2.05) is 0 Å². The summed E-state index contributed by atoms with van der Waals surface area (Å²) in [6.45, 7) is 4.44. The number of nitrogens with one attached hydrogen (secondary N) is 1. The first-order chi connectivity index (χ1) is 12.5. The van der Waals surface area contributed by atoms with E-state index < -0.39 is 0 Å². The second kappa shape index (κ2) is 8.07. The minimum atomic E-state index is -0.325. The minimum Gasteiger partial charge on any atom is -0.352 e. The van der Waals surface area contributed by atoms with Crippen molar-refractivity contribution in [1.82, 2.24) is 20.2 Å². The van der Waals surface area contributed by atoms with Gasteiger partial charge < -0.3 is 11.2 Å². The van der Waals surface area contributed by atoms with Gasteiger partial charge in [0, 0.05) is 11.6 Å². The van der Waals surface area contributed by atoms with Crippen LogP contribution >= 0.6 is 11.8 Å². The molecule has 3 rings (SSSR count). The third-order valence-electron chi connectivity index (χ3n) is 5.15. The average molecular weight is 377 g/mol. The zero-order valence-electron chi connectivity index (χ0n) is 15.0. The molecule has 1 aliphatic rings. The predicted octanol–water partition coefficient (Wildman–Crippen LogP) is 2.83. The van der Waals surface area contributed by atoms with Gasteiger partial charge in [-0.3, -0.25) is 4.79 Å². The number of carbonyl (C=O) groups excluding carboxylic acids is 1. The van der Waals surface area contributed by atoms with Crippen molar-refractivity contribution in [3.63, 3.8) is 0 Å². The van der Waals surface area contributed by atoms with Crippen LogP contribution in [0.5, 0.6) is 0 Å². The molecule has 3 N–H and O–H groups in total. The molecule has 0 aliphatic heterocycles. The van der Waals surface area contributed by atoms with Crippen molar-refractivity contribution >= 4 is 17.7 Å². The van der Waals surface area contributed by atoms with Crippen molar-refractivity contribution in [2.75, 3.05) is 11.6 Å². The topological polar surface area (TPSA) is 85.8 Å². The van der Waals surface area contributed by atoms with E-state index in [1.54, 1.807) is 12.1 Å². The Morgan fingerprint density at radius 1 is 1.31 bits per heavy atom. The fraction of sp³-hybridized carbons (Fsp3) is 0.500. The Balaban J connectivity index is 1.58. The van der Waals surface area contributed by atoms with Crippen LogP contribution in [-0.2, 0) is 4.79 Å². The highest BCUT2D eigenvalue weighted by Crippen LogP contribution is 2.29. The van der Waals surface area contributed by atoms with Crippen LogP contribution in [0.3, 0.4) is 0 Å². The summed E-state index contributed by atoms with van der Waals surface area (Å²) < 4.78 is 14.4. The number of nitrogen functional groups attached to an aromatic ring is 1. The van der Waals surface area contributed by atoms with Crippen molar-refractivity contribution < 1.29 is 9.18 Å². The first kappa shape index (κ1) is 18.7. The summed E-state index contributed by atoms with van der Waals surface area (Å²) in [6.07, 6.45) is 3.41. The minimum absolute atomic E-state index is 0.0210. The van der Waals surface area contributed by atoms with Gasteiger partial charge in [0.05, 0.1) is 5.75 Å². The molecule has 1 aliphatic carbocycles. The number of rotatable bonds is 5. The number of aromatic nitrogens is 3. The number of nitrogens with zero attached hydrogens (tertiary/aromatic N) is 3. The van der Waals surface area contributed by atoms with Crippen LogP contribution < -0.4 is 11.2 Å². The first-order valence-corrected chi connectivity index (χ1v) is 9.83. The molecule has 0 saturated heterocycles. The standard InChI is InChI=1S/C18H24FN5OS/c1-11-4-3-5-15(12(11)2)21-16(25)10-26-18-23-22-17(24(18)20)13-6-8-14(19)9-7-13/h6-9,11-12,15H,3-5,10,20H2,1-2H3,(H,21,25)/t11-,12+,15-/m0/s1. The van der Waals surface area contributed by atoms with E-state index in [-0.39, 0.29) is 23.5 Å². The number of halogens is 1. The van der Waals surface area contributed by atoms with Crippen molar-refractivity contribution in [3.05, 3.63) is 30.1 Å². The second-order valence-corrected chi connectivity index (χ2v) is 7.86. The number of amides is 1. The highest BCUT2D eigenvalue weighted by Gasteiger charge is 2.28. The molecule has 0 radical (unpaired) electrons. The van der Waals surface area contributed by atoms with Crippen LogP contribution in [-0.4, -0.2) is 32.6 Å². The SMILES string of the molecule is C[C@H]1[C@@H](NC(=O)CSc2nnc(-c3ccc(F)cc3)n2N)CCC[C@@H]1C. The monoisotopic (exact) mass is 377 g/mol. The molecule has 1 fully saturated rings. The van der Waals surface area contributed by atoms with E-state index in [1.165, 1.54) is 35.0 Å². The molecule has 3 atom stereocenters. The Morgan fingerprint density at radius 3 is 2.77 bits per heavy atom. The molecule has 1 aromatic carbocycles. The molecular weight excluding hydrogens is 353 g/mol. The zero-order chi connectivity index (χ0) is 18.7. The van der Waals surface area contributed by atoms with Gasteiger partial charge in [-0.1, -0.05) is 38.5 Å². The fourth-order valence-corrected chi connectivity index (χ4v) is 4.00. The van der Waals surface area contributed by atoms with Gasteiger partial charge >= 0.3 is 0 Å². The summed E-state index contributed by atoms with van der Waals surface area (Å²) in [5, 5.41) is 11.7. The number of nitrogens with two attached hydrogens (primary N) is 1. The molecule has 26 heavy (non-hydrogen) atoms. The Kier molecular flexibility index (Phi) is 5.80. The lowest BCUT2D eigenvalue weighted by Crippen LogP contribution is -2.44.